The van der Waals surface area contributed by atoms with E-state index in [4.69, 9.17) is 5.73 Å². The van der Waals surface area contributed by atoms with Crippen LogP contribution in [0, 0.1) is 13.8 Å². The summed E-state index contributed by atoms with van der Waals surface area (Å²) in [5, 5.41) is 0. The van der Waals surface area contributed by atoms with Gasteiger partial charge in [0.25, 0.3) is 5.91 Å². The van der Waals surface area contributed by atoms with Crippen molar-refractivity contribution in [2.45, 2.75) is 26.3 Å². The summed E-state index contributed by atoms with van der Waals surface area (Å²) in [5.41, 5.74) is 9.19. The van der Waals surface area contributed by atoms with Crippen LogP contribution in [0.15, 0.2) is 48.5 Å². The van der Waals surface area contributed by atoms with Gasteiger partial charge in [0.1, 0.15) is 5.54 Å². The Morgan fingerprint density at radius 3 is 2.10 bits per heavy atom. The molecule has 0 saturated heterocycles. The minimum atomic E-state index is -1.05. The fourth-order valence-electron chi connectivity index (χ4n) is 2.52. The van der Waals surface area contributed by atoms with Crippen LogP contribution in [0.3, 0.4) is 0 Å². The summed E-state index contributed by atoms with van der Waals surface area (Å²) in [4.78, 5) is 14.4. The van der Waals surface area contributed by atoms with Gasteiger partial charge in [-0.05, 0) is 49.6 Å². The maximum atomic E-state index is 12.8. The molecule has 110 valence electrons. The van der Waals surface area contributed by atoms with Crippen LogP contribution in [-0.2, 0) is 10.3 Å². The molecule has 0 saturated carbocycles. The predicted octanol–water partition coefficient (Wildman–Crippen LogP) is 3.14. The molecule has 0 fully saturated rings. The molecule has 21 heavy (non-hydrogen) atoms. The zero-order chi connectivity index (χ0) is 15.6. The van der Waals surface area contributed by atoms with E-state index >= 15 is 0 Å². The fourth-order valence-corrected chi connectivity index (χ4v) is 2.52. The number of hydrogen-bond acceptors (Lipinski definition) is 2. The summed E-state index contributed by atoms with van der Waals surface area (Å²) < 4.78 is 0. The molecule has 0 aliphatic carbocycles. The molecule has 2 aromatic rings. The second kappa shape index (κ2) is 5.70. The zero-order valence-electron chi connectivity index (χ0n) is 13.1. The highest BCUT2D eigenvalue weighted by Gasteiger charge is 2.33. The molecule has 2 aromatic carbocycles. The maximum absolute atomic E-state index is 12.8. The van der Waals surface area contributed by atoms with Crippen molar-refractivity contribution >= 4 is 11.6 Å². The molecule has 1 amide bonds. The highest BCUT2D eigenvalue weighted by Crippen LogP contribution is 2.24. The number of carbonyl (C=O) groups excluding carboxylic acids is 1. The summed E-state index contributed by atoms with van der Waals surface area (Å²) in [6.07, 6.45) is 0. The second-order valence-electron chi connectivity index (χ2n) is 5.78. The number of rotatable bonds is 3. The van der Waals surface area contributed by atoms with E-state index in [-0.39, 0.29) is 5.91 Å². The minimum Gasteiger partial charge on any atom is -0.314 e. The van der Waals surface area contributed by atoms with E-state index in [1.807, 2.05) is 56.3 Å². The zero-order valence-corrected chi connectivity index (χ0v) is 13.1. The molecule has 3 heteroatoms. The van der Waals surface area contributed by atoms with Crippen molar-refractivity contribution in [3.63, 3.8) is 0 Å². The first-order chi connectivity index (χ1) is 9.82. The van der Waals surface area contributed by atoms with Gasteiger partial charge in [0.15, 0.2) is 0 Å². The van der Waals surface area contributed by atoms with Gasteiger partial charge in [-0.3, -0.25) is 4.79 Å². The van der Waals surface area contributed by atoms with Gasteiger partial charge in [0, 0.05) is 12.7 Å². The predicted molar refractivity (Wildman–Crippen MR) is 87.3 cm³/mol. The third-order valence-corrected chi connectivity index (χ3v) is 3.72. The molecule has 1 unspecified atom stereocenters. The quantitative estimate of drug-likeness (QED) is 0.940. The van der Waals surface area contributed by atoms with E-state index in [2.05, 4.69) is 6.07 Å². The molecule has 0 spiro atoms. The molecule has 1 atom stereocenters. The van der Waals surface area contributed by atoms with Crippen LogP contribution in [0.4, 0.5) is 5.69 Å². The van der Waals surface area contributed by atoms with Gasteiger partial charge in [-0.2, -0.15) is 0 Å². The van der Waals surface area contributed by atoms with Crippen LogP contribution in [0.2, 0.25) is 0 Å². The van der Waals surface area contributed by atoms with Gasteiger partial charge >= 0.3 is 0 Å². The molecule has 2 rings (SSSR count). The van der Waals surface area contributed by atoms with Gasteiger partial charge in [-0.1, -0.05) is 36.4 Å². The van der Waals surface area contributed by atoms with Crippen LogP contribution in [-0.4, -0.2) is 13.0 Å². The molecular formula is C18H22N2O. The van der Waals surface area contributed by atoms with E-state index in [0.717, 1.165) is 22.4 Å². The second-order valence-corrected chi connectivity index (χ2v) is 5.78. The SMILES string of the molecule is Cc1cc(C)cc(N(C)C(=O)C(C)(N)c2ccccc2)c1. The number of aryl methyl sites for hydroxylation is 2. The van der Waals surface area contributed by atoms with Gasteiger partial charge in [-0.25, -0.2) is 0 Å². The van der Waals surface area contributed by atoms with E-state index in [1.54, 1.807) is 18.9 Å². The van der Waals surface area contributed by atoms with Crippen LogP contribution in [0.5, 0.6) is 0 Å². The van der Waals surface area contributed by atoms with Gasteiger partial charge in [0.2, 0.25) is 0 Å². The molecule has 3 nitrogen and oxygen atoms in total. The van der Waals surface area contributed by atoms with Crippen molar-refractivity contribution in [3.8, 4) is 0 Å². The standard InChI is InChI=1S/C18H22N2O/c1-13-10-14(2)12-16(11-13)20(4)17(21)18(3,19)15-8-6-5-7-9-15/h5-12H,19H2,1-4H3. The minimum absolute atomic E-state index is 0.126. The van der Waals surface area contributed by atoms with Crippen LogP contribution >= 0.6 is 0 Å². The summed E-state index contributed by atoms with van der Waals surface area (Å²) in [7, 11) is 1.77. The van der Waals surface area contributed by atoms with Crippen molar-refractivity contribution < 1.29 is 4.79 Å². The van der Waals surface area contributed by atoms with Crippen molar-refractivity contribution in [2.75, 3.05) is 11.9 Å². The number of amides is 1. The van der Waals surface area contributed by atoms with Gasteiger partial charge in [0.05, 0.1) is 0 Å². The summed E-state index contributed by atoms with van der Waals surface area (Å²) in [6.45, 7) is 5.80. The Morgan fingerprint density at radius 2 is 1.57 bits per heavy atom. The maximum Gasteiger partial charge on any atom is 0.251 e. The number of hydrogen-bond donors (Lipinski definition) is 1. The Balaban J connectivity index is 2.34. The van der Waals surface area contributed by atoms with Crippen LogP contribution in [0.1, 0.15) is 23.6 Å². The lowest BCUT2D eigenvalue weighted by molar-refractivity contribution is -0.123. The Bertz CT molecular complexity index is 627. The van der Waals surface area contributed by atoms with E-state index in [9.17, 15) is 4.79 Å². The summed E-state index contributed by atoms with van der Waals surface area (Å²) >= 11 is 0. The van der Waals surface area contributed by atoms with Crippen molar-refractivity contribution in [3.05, 3.63) is 65.2 Å². The fraction of sp³-hybridized carbons (Fsp3) is 0.278. The van der Waals surface area contributed by atoms with E-state index in [1.165, 1.54) is 0 Å². The Labute approximate surface area is 126 Å². The number of nitrogens with zero attached hydrogens (tertiary/aromatic N) is 1. The van der Waals surface area contributed by atoms with E-state index in [0.29, 0.717) is 0 Å². The van der Waals surface area contributed by atoms with Crippen molar-refractivity contribution in [1.29, 1.82) is 0 Å². The molecule has 0 bridgehead atoms. The third-order valence-electron chi connectivity index (χ3n) is 3.72. The third kappa shape index (κ3) is 3.14. The Morgan fingerprint density at radius 1 is 1.05 bits per heavy atom. The first-order valence-corrected chi connectivity index (χ1v) is 7.03. The normalized spacial score (nSPS) is 13.6. The lowest BCUT2D eigenvalue weighted by Crippen LogP contribution is -2.49. The number of benzene rings is 2. The first kappa shape index (κ1) is 15.3. The topological polar surface area (TPSA) is 46.3 Å². The van der Waals surface area contributed by atoms with Gasteiger partial charge in [-0.15, -0.1) is 0 Å². The lowest BCUT2D eigenvalue weighted by Gasteiger charge is -2.30. The van der Waals surface area contributed by atoms with Gasteiger partial charge < -0.3 is 10.6 Å². The number of likely N-dealkylation sites (N-methyl/N-ethyl adjacent to an activating group) is 1. The van der Waals surface area contributed by atoms with Crippen molar-refractivity contribution in [1.82, 2.24) is 0 Å². The molecule has 0 aliphatic heterocycles. The molecule has 0 heterocycles. The van der Waals surface area contributed by atoms with Crippen LogP contribution in [0.25, 0.3) is 0 Å². The summed E-state index contributed by atoms with van der Waals surface area (Å²) in [5.74, 6) is -0.126. The number of anilines is 1. The molecular weight excluding hydrogens is 260 g/mol. The largest absolute Gasteiger partial charge is 0.314 e. The molecule has 0 radical (unpaired) electrons. The highest BCUT2D eigenvalue weighted by molar-refractivity contribution is 6.00. The summed E-state index contributed by atoms with van der Waals surface area (Å²) in [6, 6.07) is 15.5. The molecule has 0 aliphatic rings. The smallest absolute Gasteiger partial charge is 0.251 e. The number of carbonyl (C=O) groups is 1. The molecule has 0 aromatic heterocycles. The van der Waals surface area contributed by atoms with Crippen molar-refractivity contribution in [2.24, 2.45) is 5.73 Å². The first-order valence-electron chi connectivity index (χ1n) is 7.03. The number of nitrogens with two attached hydrogens (primary N) is 1. The van der Waals surface area contributed by atoms with E-state index < -0.39 is 5.54 Å². The lowest BCUT2D eigenvalue weighted by atomic mass is 9.91. The average Bonchev–Trinajstić information content (AvgIpc) is 2.45. The Hall–Kier alpha value is -2.13. The molecule has 2 N–H and O–H groups in total. The monoisotopic (exact) mass is 282 g/mol. The van der Waals surface area contributed by atoms with Crippen LogP contribution < -0.4 is 10.6 Å². The Kier molecular flexibility index (Phi) is 4.14. The average molecular weight is 282 g/mol. The highest BCUT2D eigenvalue weighted by atomic mass is 16.2.